The molecule has 0 aliphatic carbocycles. The average molecular weight is 250 g/mol. The lowest BCUT2D eigenvalue weighted by Crippen LogP contribution is -2.10. The van der Waals surface area contributed by atoms with Crippen LogP contribution in [0.25, 0.3) is 4.85 Å². The fourth-order valence-corrected chi connectivity index (χ4v) is 1.34. The summed E-state index contributed by atoms with van der Waals surface area (Å²) >= 11 is 0. The Morgan fingerprint density at radius 3 is 2.50 bits per heavy atom. The van der Waals surface area contributed by atoms with E-state index in [-0.39, 0.29) is 6.61 Å². The molecule has 0 bridgehead atoms. The predicted molar refractivity (Wildman–Crippen MR) is 66.2 cm³/mol. The molecule has 0 heterocycles. The Hall–Kier alpha value is -2.01. The fraction of sp³-hybridized carbons (Fsp3) is 0.615. The zero-order valence-electron chi connectivity index (χ0n) is 10.6. The minimum atomic E-state index is -1.00. The highest BCUT2D eigenvalue weighted by atomic mass is 16.5. The van der Waals surface area contributed by atoms with E-state index >= 15 is 0 Å². The Bertz CT molecular complexity index is 359. The molecule has 0 aromatic heterocycles. The van der Waals surface area contributed by atoms with Crippen molar-refractivity contribution in [1.29, 1.82) is 5.26 Å². The maximum absolute atomic E-state index is 11.2. The Balaban J connectivity index is 3.83. The highest BCUT2D eigenvalue weighted by Crippen LogP contribution is 2.07. The number of allylic oxidation sites excluding steroid dienone is 1. The summed E-state index contributed by atoms with van der Waals surface area (Å²) in [6, 6.07) is 1.43. The molecule has 0 aromatic carbocycles. The van der Waals surface area contributed by atoms with Gasteiger partial charge in [-0.3, -0.25) is 0 Å². The summed E-state index contributed by atoms with van der Waals surface area (Å²) in [6.07, 6.45) is 6.35. The summed E-state index contributed by atoms with van der Waals surface area (Å²) in [6.45, 7) is 8.91. The number of carbonyl (C=O) groups is 1. The smallest absolute Gasteiger partial charge is 0.363 e. The lowest BCUT2D eigenvalue weighted by atomic mass is 10.1. The predicted octanol–water partition coefficient (Wildman–Crippen LogP) is 3.10. The Morgan fingerprint density at radius 1 is 1.33 bits per heavy atom. The van der Waals surface area contributed by atoms with Crippen LogP contribution in [0.15, 0.2) is 11.5 Å². The summed E-state index contributed by atoms with van der Waals surface area (Å²) in [5, 5.41) is 17.7. The van der Waals surface area contributed by atoms with Crippen LogP contribution < -0.4 is 0 Å². The zero-order chi connectivity index (χ0) is 13.8. The van der Waals surface area contributed by atoms with Crippen LogP contribution in [0.4, 0.5) is 0 Å². The van der Waals surface area contributed by atoms with E-state index in [1.54, 1.807) is 0 Å². The minimum Gasteiger partial charge on any atom is -0.513 e. The number of nitriles is 1. The third-order valence-corrected chi connectivity index (χ3v) is 2.37. The molecule has 0 atom stereocenters. The van der Waals surface area contributed by atoms with E-state index in [9.17, 15) is 9.90 Å². The van der Waals surface area contributed by atoms with Gasteiger partial charge in [0.1, 0.15) is 0 Å². The van der Waals surface area contributed by atoms with Gasteiger partial charge in [0.05, 0.1) is 19.2 Å². The molecule has 5 heteroatoms. The number of unbranched alkanes of at least 4 members (excludes halogenated alkanes) is 5. The van der Waals surface area contributed by atoms with E-state index < -0.39 is 17.4 Å². The van der Waals surface area contributed by atoms with Crippen LogP contribution in [0.1, 0.15) is 45.4 Å². The van der Waals surface area contributed by atoms with Crippen LogP contribution in [-0.2, 0) is 9.53 Å². The third-order valence-electron chi connectivity index (χ3n) is 2.37. The van der Waals surface area contributed by atoms with Gasteiger partial charge in [-0.2, -0.15) is 0 Å². The quantitative estimate of drug-likeness (QED) is 0.179. The molecule has 0 saturated carbocycles. The molecule has 0 saturated heterocycles. The molecular weight excluding hydrogens is 232 g/mol. The summed E-state index contributed by atoms with van der Waals surface area (Å²) in [5.41, 5.74) is -0.636. The third kappa shape index (κ3) is 6.55. The van der Waals surface area contributed by atoms with Gasteiger partial charge in [0.2, 0.25) is 5.76 Å². The molecule has 0 aromatic rings. The van der Waals surface area contributed by atoms with Gasteiger partial charge in [-0.15, -0.1) is 0 Å². The van der Waals surface area contributed by atoms with E-state index in [1.165, 1.54) is 25.3 Å². The fourth-order valence-electron chi connectivity index (χ4n) is 1.34. The molecule has 0 unspecified atom stereocenters. The van der Waals surface area contributed by atoms with Crippen LogP contribution in [0.2, 0.25) is 0 Å². The maximum Gasteiger partial charge on any atom is 0.363 e. The van der Waals surface area contributed by atoms with Crippen molar-refractivity contribution < 1.29 is 14.6 Å². The molecule has 98 valence electrons. The van der Waals surface area contributed by atoms with Crippen molar-refractivity contribution in [3.05, 3.63) is 22.9 Å². The molecule has 0 fully saturated rings. The van der Waals surface area contributed by atoms with Gasteiger partial charge in [0.15, 0.2) is 0 Å². The summed E-state index contributed by atoms with van der Waals surface area (Å²) in [5.74, 6) is -1.91. The first-order chi connectivity index (χ1) is 8.67. The first-order valence-electron chi connectivity index (χ1n) is 6.05. The Morgan fingerprint density at radius 2 is 1.94 bits per heavy atom. The number of rotatable bonds is 8. The first kappa shape index (κ1) is 16.0. The summed E-state index contributed by atoms with van der Waals surface area (Å²) < 4.78 is 4.75. The normalized spacial score (nSPS) is 11.1. The van der Waals surface area contributed by atoms with E-state index in [1.807, 2.05) is 0 Å². The van der Waals surface area contributed by atoms with Gasteiger partial charge < -0.3 is 9.84 Å². The standard InChI is InChI=1S/C13H18N2O3/c1-3-4-5-6-7-8-9-18-13(17)12(16)11(10-14)15-2/h16H,3-9H2,1H3. The van der Waals surface area contributed by atoms with E-state index in [4.69, 9.17) is 16.6 Å². The Labute approximate surface area is 107 Å². The number of aliphatic hydroxyl groups is 1. The molecule has 0 spiro atoms. The second-order valence-corrected chi connectivity index (χ2v) is 3.82. The lowest BCUT2D eigenvalue weighted by Gasteiger charge is -2.04. The minimum absolute atomic E-state index is 0.200. The topological polar surface area (TPSA) is 74.7 Å². The molecule has 18 heavy (non-hydrogen) atoms. The lowest BCUT2D eigenvalue weighted by molar-refractivity contribution is -0.142. The van der Waals surface area contributed by atoms with Crippen molar-refractivity contribution in [3.63, 3.8) is 0 Å². The second-order valence-electron chi connectivity index (χ2n) is 3.82. The van der Waals surface area contributed by atoms with Crippen LogP contribution in [0.5, 0.6) is 0 Å². The van der Waals surface area contributed by atoms with E-state index in [0.29, 0.717) is 0 Å². The van der Waals surface area contributed by atoms with E-state index in [2.05, 4.69) is 11.8 Å². The average Bonchev–Trinajstić information content (AvgIpc) is 2.38. The van der Waals surface area contributed by atoms with Crippen LogP contribution in [-0.4, -0.2) is 17.7 Å². The number of nitrogens with zero attached hydrogens (tertiary/aromatic N) is 2. The van der Waals surface area contributed by atoms with Crippen molar-refractivity contribution in [2.24, 2.45) is 0 Å². The van der Waals surface area contributed by atoms with Crippen molar-refractivity contribution in [1.82, 2.24) is 0 Å². The molecule has 1 N–H and O–H groups in total. The Kier molecular flexibility index (Phi) is 9.03. The highest BCUT2D eigenvalue weighted by Gasteiger charge is 2.15. The number of hydrogen-bond acceptors (Lipinski definition) is 4. The zero-order valence-corrected chi connectivity index (χ0v) is 10.6. The highest BCUT2D eigenvalue weighted by molar-refractivity contribution is 5.87. The van der Waals surface area contributed by atoms with Gasteiger partial charge in [0.25, 0.3) is 0 Å². The molecule has 0 amide bonds. The molecule has 0 aliphatic heterocycles. The van der Waals surface area contributed by atoms with Crippen LogP contribution in [0, 0.1) is 17.9 Å². The SMILES string of the molecule is [C-]#[N+]C(C#N)=C(O)C(=O)OCCCCCCCC. The number of aliphatic hydroxyl groups excluding tert-OH is 1. The van der Waals surface area contributed by atoms with Crippen molar-refractivity contribution >= 4 is 5.97 Å². The second kappa shape index (κ2) is 10.2. The van der Waals surface area contributed by atoms with Gasteiger partial charge in [0, 0.05) is 0 Å². The van der Waals surface area contributed by atoms with Gasteiger partial charge in [-0.25, -0.2) is 14.9 Å². The largest absolute Gasteiger partial charge is 0.513 e. The molecule has 0 radical (unpaired) electrons. The van der Waals surface area contributed by atoms with Crippen LogP contribution >= 0.6 is 0 Å². The number of ether oxygens (including phenoxy) is 1. The monoisotopic (exact) mass is 250 g/mol. The maximum atomic E-state index is 11.2. The summed E-state index contributed by atoms with van der Waals surface area (Å²) in [7, 11) is 0. The summed E-state index contributed by atoms with van der Waals surface area (Å²) in [4.78, 5) is 13.9. The molecule has 0 rings (SSSR count). The first-order valence-corrected chi connectivity index (χ1v) is 6.05. The van der Waals surface area contributed by atoms with E-state index in [0.717, 1.165) is 19.3 Å². The van der Waals surface area contributed by atoms with Crippen molar-refractivity contribution in [2.45, 2.75) is 45.4 Å². The van der Waals surface area contributed by atoms with Crippen molar-refractivity contribution in [3.8, 4) is 6.07 Å². The molecule has 5 nitrogen and oxygen atoms in total. The number of esters is 1. The number of hydrogen-bond donors (Lipinski definition) is 1. The van der Waals surface area contributed by atoms with Gasteiger partial charge in [-0.05, 0) is 6.42 Å². The number of carbonyl (C=O) groups excluding carboxylic acids is 1. The van der Waals surface area contributed by atoms with Crippen LogP contribution in [0.3, 0.4) is 0 Å². The molecular formula is C13H18N2O3. The molecule has 0 aliphatic rings. The van der Waals surface area contributed by atoms with Crippen molar-refractivity contribution in [2.75, 3.05) is 6.61 Å². The van der Waals surface area contributed by atoms with Gasteiger partial charge >= 0.3 is 11.7 Å². The van der Waals surface area contributed by atoms with Gasteiger partial charge in [-0.1, -0.05) is 39.0 Å².